The Morgan fingerprint density at radius 1 is 1.21 bits per heavy atom. The first-order chi connectivity index (χ1) is 15.6. The molecule has 0 saturated carbocycles. The number of carbonyl (C=O) groups excluding carboxylic acids is 3. The van der Waals surface area contributed by atoms with Crippen LogP contribution in [0.15, 0.2) is 42.5 Å². The number of anilines is 1. The molecule has 2 amide bonds. The average Bonchev–Trinajstić information content (AvgIpc) is 2.77. The van der Waals surface area contributed by atoms with Crippen LogP contribution in [0.3, 0.4) is 0 Å². The molecule has 33 heavy (non-hydrogen) atoms. The minimum absolute atomic E-state index is 0.0139. The van der Waals surface area contributed by atoms with Gasteiger partial charge in [-0.05, 0) is 36.8 Å². The maximum atomic E-state index is 12.3. The lowest BCUT2D eigenvalue weighted by Crippen LogP contribution is -2.29. The number of methoxy groups -OCH3 is 1. The Morgan fingerprint density at radius 2 is 1.94 bits per heavy atom. The van der Waals surface area contributed by atoms with Crippen molar-refractivity contribution in [3.63, 3.8) is 0 Å². The molecule has 2 aromatic rings. The van der Waals surface area contributed by atoms with Crippen LogP contribution in [0.4, 0.5) is 11.4 Å². The van der Waals surface area contributed by atoms with E-state index in [0.717, 1.165) is 12.1 Å². The molecule has 0 aromatic heterocycles. The second-order valence-electron chi connectivity index (χ2n) is 6.49. The molecule has 0 saturated heterocycles. The van der Waals surface area contributed by atoms with E-state index < -0.39 is 28.8 Å². The zero-order valence-corrected chi connectivity index (χ0v) is 18.3. The highest BCUT2D eigenvalue weighted by atomic mass is 35.5. The zero-order valence-electron chi connectivity index (χ0n) is 17.6. The lowest BCUT2D eigenvalue weighted by Gasteiger charge is -2.13. The molecule has 1 unspecified atom stereocenters. The van der Waals surface area contributed by atoms with Gasteiger partial charge in [0.05, 0.1) is 22.7 Å². The Labute approximate surface area is 193 Å². The number of non-ortho nitro benzene ring substituents is 1. The molecule has 0 aliphatic heterocycles. The lowest BCUT2D eigenvalue weighted by atomic mass is 10.2. The van der Waals surface area contributed by atoms with Crippen molar-refractivity contribution >= 4 is 46.8 Å². The van der Waals surface area contributed by atoms with Crippen LogP contribution in [-0.2, 0) is 19.1 Å². The van der Waals surface area contributed by atoms with Gasteiger partial charge in [-0.1, -0.05) is 17.7 Å². The van der Waals surface area contributed by atoms with Crippen LogP contribution in [0.5, 0.6) is 11.5 Å². The van der Waals surface area contributed by atoms with Crippen molar-refractivity contribution in [2.24, 2.45) is 5.73 Å². The highest BCUT2D eigenvalue weighted by Crippen LogP contribution is 2.29. The number of carbonyl (C=O) groups is 3. The van der Waals surface area contributed by atoms with Gasteiger partial charge in [0.1, 0.15) is 0 Å². The van der Waals surface area contributed by atoms with Crippen molar-refractivity contribution in [2.45, 2.75) is 13.0 Å². The SMILES string of the molecule is COc1cc(/C=C/C(=O)OC(C)C(=O)Nc2cc([N+](=O)[O-])ccc2Cl)ccc1OCC(N)=O. The third-order valence-corrected chi connectivity index (χ3v) is 4.38. The van der Waals surface area contributed by atoms with Gasteiger partial charge >= 0.3 is 5.97 Å². The van der Waals surface area contributed by atoms with E-state index in [1.54, 1.807) is 12.1 Å². The van der Waals surface area contributed by atoms with Gasteiger partial charge < -0.3 is 25.3 Å². The van der Waals surface area contributed by atoms with Crippen LogP contribution >= 0.6 is 11.6 Å². The number of esters is 1. The van der Waals surface area contributed by atoms with Gasteiger partial charge in [0, 0.05) is 18.2 Å². The summed E-state index contributed by atoms with van der Waals surface area (Å²) in [6.45, 7) is 1.01. The number of halogens is 1. The summed E-state index contributed by atoms with van der Waals surface area (Å²) in [7, 11) is 1.40. The van der Waals surface area contributed by atoms with E-state index in [2.05, 4.69) is 5.32 Å². The van der Waals surface area contributed by atoms with Gasteiger partial charge in [-0.2, -0.15) is 0 Å². The van der Waals surface area contributed by atoms with Crippen LogP contribution in [0, 0.1) is 10.1 Å². The topological polar surface area (TPSA) is 160 Å². The Balaban J connectivity index is 1.99. The van der Waals surface area contributed by atoms with Gasteiger partial charge in [0.25, 0.3) is 17.5 Å². The first-order valence-electron chi connectivity index (χ1n) is 9.33. The highest BCUT2D eigenvalue weighted by Gasteiger charge is 2.19. The fraction of sp³-hybridized carbons (Fsp3) is 0.190. The maximum absolute atomic E-state index is 12.3. The number of benzene rings is 2. The number of rotatable bonds is 10. The molecular weight excluding hydrogens is 458 g/mol. The average molecular weight is 478 g/mol. The molecule has 2 aromatic carbocycles. The molecule has 0 spiro atoms. The number of nitrogens with zero attached hydrogens (tertiary/aromatic N) is 1. The molecule has 0 fully saturated rings. The fourth-order valence-electron chi connectivity index (χ4n) is 2.44. The normalized spacial score (nSPS) is 11.5. The van der Waals surface area contributed by atoms with Gasteiger partial charge in [-0.15, -0.1) is 0 Å². The van der Waals surface area contributed by atoms with Gasteiger partial charge in [-0.25, -0.2) is 4.79 Å². The Bertz CT molecular complexity index is 1100. The van der Waals surface area contributed by atoms with Gasteiger partial charge in [0.2, 0.25) is 0 Å². The summed E-state index contributed by atoms with van der Waals surface area (Å²) in [6, 6.07) is 8.25. The number of nitrogens with one attached hydrogen (secondary N) is 1. The van der Waals surface area contributed by atoms with Crippen LogP contribution in [0.2, 0.25) is 5.02 Å². The number of hydrogen-bond donors (Lipinski definition) is 2. The maximum Gasteiger partial charge on any atom is 0.331 e. The molecular formula is C21H20ClN3O8. The monoisotopic (exact) mass is 477 g/mol. The summed E-state index contributed by atoms with van der Waals surface area (Å²) in [4.78, 5) is 45.5. The molecule has 0 heterocycles. The standard InChI is InChI=1S/C21H20ClN3O8/c1-12(21(28)24-16-10-14(25(29)30)5-6-15(16)22)33-20(27)8-4-13-3-7-17(18(9-13)31-2)32-11-19(23)26/h3-10,12H,11H2,1-2H3,(H2,23,26)(H,24,28)/b8-4+. The minimum atomic E-state index is -1.21. The molecule has 174 valence electrons. The van der Waals surface area contributed by atoms with Crippen molar-refractivity contribution in [1.29, 1.82) is 0 Å². The summed E-state index contributed by atoms with van der Waals surface area (Å²) < 4.78 is 15.4. The van der Waals surface area contributed by atoms with E-state index >= 15 is 0 Å². The number of hydrogen-bond acceptors (Lipinski definition) is 8. The van der Waals surface area contributed by atoms with Crippen LogP contribution < -0.4 is 20.5 Å². The minimum Gasteiger partial charge on any atom is -0.493 e. The van der Waals surface area contributed by atoms with E-state index in [1.165, 1.54) is 38.3 Å². The predicted octanol–water partition coefficient (Wildman–Crippen LogP) is 2.70. The van der Waals surface area contributed by atoms with E-state index in [0.29, 0.717) is 17.1 Å². The quantitative estimate of drug-likeness (QED) is 0.228. The molecule has 0 radical (unpaired) electrons. The Hall–Kier alpha value is -4.12. The van der Waals surface area contributed by atoms with E-state index in [1.807, 2.05) is 0 Å². The third-order valence-electron chi connectivity index (χ3n) is 4.05. The molecule has 3 N–H and O–H groups in total. The van der Waals surface area contributed by atoms with E-state index in [9.17, 15) is 24.5 Å². The number of primary amides is 1. The number of amides is 2. The number of nitrogens with two attached hydrogens (primary N) is 1. The summed E-state index contributed by atoms with van der Waals surface area (Å²) in [5.74, 6) is -1.57. The second-order valence-corrected chi connectivity index (χ2v) is 6.90. The first-order valence-corrected chi connectivity index (χ1v) is 9.71. The summed E-state index contributed by atoms with van der Waals surface area (Å²) in [5, 5.41) is 13.3. The number of nitro benzene ring substituents is 1. The molecule has 0 aliphatic rings. The second kappa shape index (κ2) is 11.5. The van der Waals surface area contributed by atoms with Crippen molar-refractivity contribution in [1.82, 2.24) is 0 Å². The summed E-state index contributed by atoms with van der Waals surface area (Å²) >= 11 is 5.95. The zero-order chi connectivity index (χ0) is 24.5. The van der Waals surface area contributed by atoms with Crippen LogP contribution in [-0.4, -0.2) is 42.5 Å². The third kappa shape index (κ3) is 7.51. The predicted molar refractivity (Wildman–Crippen MR) is 119 cm³/mol. The fourth-order valence-corrected chi connectivity index (χ4v) is 2.61. The largest absolute Gasteiger partial charge is 0.493 e. The molecule has 0 bridgehead atoms. The summed E-state index contributed by atoms with van der Waals surface area (Å²) in [5.41, 5.74) is 5.35. The molecule has 11 nitrogen and oxygen atoms in total. The smallest absolute Gasteiger partial charge is 0.331 e. The first kappa shape index (κ1) is 25.1. The molecule has 2 rings (SSSR count). The molecule has 0 aliphatic carbocycles. The number of ether oxygens (including phenoxy) is 3. The van der Waals surface area contributed by atoms with Crippen LogP contribution in [0.1, 0.15) is 12.5 Å². The molecule has 12 heteroatoms. The van der Waals surface area contributed by atoms with Gasteiger partial charge in [-0.3, -0.25) is 19.7 Å². The number of nitro groups is 1. The van der Waals surface area contributed by atoms with Crippen molar-refractivity contribution in [2.75, 3.05) is 19.0 Å². The van der Waals surface area contributed by atoms with E-state index in [4.69, 9.17) is 31.5 Å². The van der Waals surface area contributed by atoms with E-state index in [-0.39, 0.29) is 23.0 Å². The summed E-state index contributed by atoms with van der Waals surface area (Å²) in [6.07, 6.45) is 1.31. The molecule has 1 atom stereocenters. The van der Waals surface area contributed by atoms with Crippen molar-refractivity contribution in [3.05, 3.63) is 63.2 Å². The highest BCUT2D eigenvalue weighted by molar-refractivity contribution is 6.33. The Morgan fingerprint density at radius 3 is 2.58 bits per heavy atom. The van der Waals surface area contributed by atoms with Gasteiger partial charge in [0.15, 0.2) is 24.2 Å². The van der Waals surface area contributed by atoms with Crippen LogP contribution in [0.25, 0.3) is 6.08 Å². The van der Waals surface area contributed by atoms with Crippen molar-refractivity contribution < 1.29 is 33.5 Å². The van der Waals surface area contributed by atoms with Crippen molar-refractivity contribution in [3.8, 4) is 11.5 Å². The lowest BCUT2D eigenvalue weighted by molar-refractivity contribution is -0.384. The Kier molecular flexibility index (Phi) is 8.75.